The Bertz CT molecular complexity index is 423. The fraction of sp³-hybridized carbons (Fsp3) is 0.364. The number of rotatable bonds is 5. The van der Waals surface area contributed by atoms with Crippen molar-refractivity contribution < 1.29 is 14.7 Å². The second-order valence-electron chi connectivity index (χ2n) is 3.51. The van der Waals surface area contributed by atoms with Crippen molar-refractivity contribution in [3.63, 3.8) is 0 Å². The van der Waals surface area contributed by atoms with Crippen molar-refractivity contribution in [2.45, 2.75) is 25.8 Å². The second-order valence-corrected chi connectivity index (χ2v) is 3.95. The van der Waals surface area contributed by atoms with Gasteiger partial charge in [-0.25, -0.2) is 4.79 Å². The van der Waals surface area contributed by atoms with Crippen LogP contribution in [0.5, 0.6) is 0 Å². The van der Waals surface area contributed by atoms with E-state index in [1.807, 2.05) is 6.92 Å². The maximum absolute atomic E-state index is 11.7. The summed E-state index contributed by atoms with van der Waals surface area (Å²) < 4.78 is 0. The van der Waals surface area contributed by atoms with E-state index in [1.165, 1.54) is 12.3 Å². The van der Waals surface area contributed by atoms with Crippen molar-refractivity contribution >= 4 is 23.5 Å². The SMILES string of the molecule is CCC[C@@H](NC(=O)c1cc(Cl)ccn1)C(=O)O. The predicted molar refractivity (Wildman–Crippen MR) is 63.0 cm³/mol. The molecule has 1 atom stereocenters. The number of carboxylic acid groups (broad SMARTS) is 1. The number of nitrogens with zero attached hydrogens (tertiary/aromatic N) is 1. The number of aliphatic carboxylic acids is 1. The lowest BCUT2D eigenvalue weighted by Crippen LogP contribution is -2.40. The summed E-state index contributed by atoms with van der Waals surface area (Å²) >= 11 is 5.71. The zero-order valence-corrected chi connectivity index (χ0v) is 10.1. The Morgan fingerprint density at radius 3 is 2.82 bits per heavy atom. The summed E-state index contributed by atoms with van der Waals surface area (Å²) in [6.45, 7) is 1.85. The van der Waals surface area contributed by atoms with Crippen molar-refractivity contribution in [3.8, 4) is 0 Å². The minimum absolute atomic E-state index is 0.111. The van der Waals surface area contributed by atoms with Crippen LogP contribution in [0.4, 0.5) is 0 Å². The van der Waals surface area contributed by atoms with E-state index in [4.69, 9.17) is 16.7 Å². The Morgan fingerprint density at radius 1 is 1.59 bits per heavy atom. The predicted octanol–water partition coefficient (Wildman–Crippen LogP) is 1.72. The molecule has 0 aliphatic carbocycles. The summed E-state index contributed by atoms with van der Waals surface area (Å²) in [6, 6.07) is 2.04. The van der Waals surface area contributed by atoms with Crippen LogP contribution in [0.2, 0.25) is 5.02 Å². The van der Waals surface area contributed by atoms with Crippen LogP contribution in [0.15, 0.2) is 18.3 Å². The maximum Gasteiger partial charge on any atom is 0.326 e. The molecule has 0 saturated carbocycles. The Balaban J connectivity index is 2.73. The third kappa shape index (κ3) is 4.03. The Morgan fingerprint density at radius 2 is 2.29 bits per heavy atom. The summed E-state index contributed by atoms with van der Waals surface area (Å²) in [4.78, 5) is 26.4. The molecule has 0 fully saturated rings. The van der Waals surface area contributed by atoms with Gasteiger partial charge in [0.15, 0.2) is 0 Å². The lowest BCUT2D eigenvalue weighted by molar-refractivity contribution is -0.139. The van der Waals surface area contributed by atoms with E-state index in [-0.39, 0.29) is 5.69 Å². The highest BCUT2D eigenvalue weighted by molar-refractivity contribution is 6.30. The monoisotopic (exact) mass is 256 g/mol. The van der Waals surface area contributed by atoms with E-state index in [9.17, 15) is 9.59 Å². The number of nitrogens with one attached hydrogen (secondary N) is 1. The number of carbonyl (C=O) groups is 2. The van der Waals surface area contributed by atoms with Crippen molar-refractivity contribution in [1.29, 1.82) is 0 Å². The number of carboxylic acids is 1. The topological polar surface area (TPSA) is 79.3 Å². The van der Waals surface area contributed by atoms with Crippen molar-refractivity contribution in [1.82, 2.24) is 10.3 Å². The first-order valence-corrected chi connectivity index (χ1v) is 5.57. The minimum Gasteiger partial charge on any atom is -0.480 e. The maximum atomic E-state index is 11.7. The van der Waals surface area contributed by atoms with Gasteiger partial charge in [-0.2, -0.15) is 0 Å². The van der Waals surface area contributed by atoms with Gasteiger partial charge in [-0.3, -0.25) is 9.78 Å². The number of halogens is 1. The molecule has 17 heavy (non-hydrogen) atoms. The zero-order chi connectivity index (χ0) is 12.8. The van der Waals surface area contributed by atoms with Crippen molar-refractivity contribution in [3.05, 3.63) is 29.0 Å². The molecule has 0 saturated heterocycles. The van der Waals surface area contributed by atoms with Crippen LogP contribution in [0.25, 0.3) is 0 Å². The highest BCUT2D eigenvalue weighted by atomic mass is 35.5. The molecule has 92 valence electrons. The first-order valence-electron chi connectivity index (χ1n) is 5.19. The average Bonchev–Trinajstić information content (AvgIpc) is 2.28. The van der Waals surface area contributed by atoms with Gasteiger partial charge in [0.25, 0.3) is 5.91 Å². The van der Waals surface area contributed by atoms with Crippen LogP contribution in [0.1, 0.15) is 30.3 Å². The molecule has 0 bridgehead atoms. The normalized spacial score (nSPS) is 11.9. The smallest absolute Gasteiger partial charge is 0.326 e. The van der Waals surface area contributed by atoms with Crippen LogP contribution in [-0.2, 0) is 4.79 Å². The highest BCUT2D eigenvalue weighted by Gasteiger charge is 2.20. The standard InChI is InChI=1S/C11H13ClN2O3/c1-2-3-8(11(16)17)14-10(15)9-6-7(12)4-5-13-9/h4-6,8H,2-3H2,1H3,(H,14,15)(H,16,17)/t8-/m1/s1. The van der Waals surface area contributed by atoms with Gasteiger partial charge in [0.2, 0.25) is 0 Å². The molecule has 0 spiro atoms. The molecule has 1 aromatic heterocycles. The van der Waals surface area contributed by atoms with Gasteiger partial charge in [-0.15, -0.1) is 0 Å². The second kappa shape index (κ2) is 6.20. The third-order valence-corrected chi connectivity index (χ3v) is 2.37. The molecule has 1 rings (SSSR count). The van der Waals surface area contributed by atoms with E-state index < -0.39 is 17.9 Å². The van der Waals surface area contributed by atoms with E-state index >= 15 is 0 Å². The largest absolute Gasteiger partial charge is 0.480 e. The lowest BCUT2D eigenvalue weighted by Gasteiger charge is -2.12. The molecule has 5 nitrogen and oxygen atoms in total. The summed E-state index contributed by atoms with van der Waals surface area (Å²) in [6.07, 6.45) is 2.44. The van der Waals surface area contributed by atoms with Crippen LogP contribution in [-0.4, -0.2) is 28.0 Å². The number of hydrogen-bond acceptors (Lipinski definition) is 3. The van der Waals surface area contributed by atoms with Gasteiger partial charge in [0.1, 0.15) is 11.7 Å². The lowest BCUT2D eigenvalue weighted by atomic mass is 10.1. The first kappa shape index (κ1) is 13.4. The van der Waals surface area contributed by atoms with Crippen LogP contribution >= 0.6 is 11.6 Å². The van der Waals surface area contributed by atoms with Crippen molar-refractivity contribution in [2.24, 2.45) is 0 Å². The van der Waals surface area contributed by atoms with Crippen molar-refractivity contribution in [2.75, 3.05) is 0 Å². The molecule has 0 aliphatic heterocycles. The molecule has 1 aromatic rings. The number of hydrogen-bond donors (Lipinski definition) is 2. The summed E-state index contributed by atoms with van der Waals surface area (Å²) in [5.74, 6) is -1.59. The first-order chi connectivity index (χ1) is 8.04. The zero-order valence-electron chi connectivity index (χ0n) is 9.31. The van der Waals surface area contributed by atoms with Gasteiger partial charge in [0, 0.05) is 11.2 Å². The van der Waals surface area contributed by atoms with Gasteiger partial charge in [0.05, 0.1) is 0 Å². The molecular formula is C11H13ClN2O3. The van der Waals surface area contributed by atoms with Gasteiger partial charge < -0.3 is 10.4 Å². The molecule has 1 heterocycles. The minimum atomic E-state index is -1.05. The average molecular weight is 257 g/mol. The molecule has 6 heteroatoms. The van der Waals surface area contributed by atoms with E-state index in [0.29, 0.717) is 17.9 Å². The fourth-order valence-corrected chi connectivity index (χ4v) is 1.47. The van der Waals surface area contributed by atoms with Gasteiger partial charge >= 0.3 is 5.97 Å². The quantitative estimate of drug-likeness (QED) is 0.841. The Kier molecular flexibility index (Phi) is 4.90. The molecule has 2 N–H and O–H groups in total. The van der Waals surface area contributed by atoms with Gasteiger partial charge in [-0.1, -0.05) is 24.9 Å². The van der Waals surface area contributed by atoms with Crippen LogP contribution in [0.3, 0.4) is 0 Å². The summed E-state index contributed by atoms with van der Waals surface area (Å²) in [5.41, 5.74) is 0.111. The fourth-order valence-electron chi connectivity index (χ4n) is 1.31. The highest BCUT2D eigenvalue weighted by Crippen LogP contribution is 2.08. The number of amides is 1. The Hall–Kier alpha value is -1.62. The molecule has 0 radical (unpaired) electrons. The number of aromatic nitrogens is 1. The molecule has 0 aromatic carbocycles. The number of pyridine rings is 1. The Labute approximate surface area is 104 Å². The van der Waals surface area contributed by atoms with Crippen LogP contribution < -0.4 is 5.32 Å². The number of carbonyl (C=O) groups excluding carboxylic acids is 1. The molecule has 0 unspecified atom stereocenters. The van der Waals surface area contributed by atoms with Crippen LogP contribution in [0, 0.1) is 0 Å². The molecule has 1 amide bonds. The van der Waals surface area contributed by atoms with E-state index in [0.717, 1.165) is 0 Å². The summed E-state index contributed by atoms with van der Waals surface area (Å²) in [5, 5.41) is 11.7. The van der Waals surface area contributed by atoms with Gasteiger partial charge in [-0.05, 0) is 18.6 Å². The molecular weight excluding hydrogens is 244 g/mol. The van der Waals surface area contributed by atoms with E-state index in [1.54, 1.807) is 6.07 Å². The third-order valence-electron chi connectivity index (χ3n) is 2.14. The van der Waals surface area contributed by atoms with E-state index in [2.05, 4.69) is 10.3 Å². The summed E-state index contributed by atoms with van der Waals surface area (Å²) in [7, 11) is 0. The molecule has 0 aliphatic rings.